The van der Waals surface area contributed by atoms with Crippen molar-refractivity contribution in [3.8, 4) is 0 Å². The largest absolute Gasteiger partial charge is 0.480 e. The van der Waals surface area contributed by atoms with Crippen LogP contribution in [0, 0.1) is 13.8 Å². The molecule has 2 rings (SSSR count). The van der Waals surface area contributed by atoms with Gasteiger partial charge < -0.3 is 5.11 Å². The zero-order valence-corrected chi connectivity index (χ0v) is 10.0. The molecule has 0 unspecified atom stereocenters. The average molecular weight is 234 g/mol. The third-order valence-electron chi connectivity index (χ3n) is 3.05. The van der Waals surface area contributed by atoms with E-state index in [9.17, 15) is 9.59 Å². The lowest BCUT2D eigenvalue weighted by molar-refractivity contribution is -0.137. The molecule has 1 aromatic heterocycles. The van der Waals surface area contributed by atoms with Gasteiger partial charge in [0.2, 0.25) is 0 Å². The van der Waals surface area contributed by atoms with Crippen LogP contribution in [0.3, 0.4) is 0 Å². The highest BCUT2D eigenvalue weighted by Gasteiger charge is 2.13. The van der Waals surface area contributed by atoms with Gasteiger partial charge in [0.1, 0.15) is 6.54 Å². The Morgan fingerprint density at radius 3 is 2.29 bits per heavy atom. The van der Waals surface area contributed by atoms with Crippen LogP contribution >= 0.6 is 0 Å². The van der Waals surface area contributed by atoms with E-state index in [2.05, 4.69) is 0 Å². The van der Waals surface area contributed by atoms with Gasteiger partial charge in [-0.3, -0.25) is 13.9 Å². The van der Waals surface area contributed by atoms with E-state index in [4.69, 9.17) is 5.11 Å². The predicted octanol–water partition coefficient (Wildman–Crippen LogP) is 1.04. The van der Waals surface area contributed by atoms with E-state index in [0.29, 0.717) is 5.52 Å². The van der Waals surface area contributed by atoms with Gasteiger partial charge in [-0.15, -0.1) is 0 Å². The van der Waals surface area contributed by atoms with Gasteiger partial charge in [-0.25, -0.2) is 4.79 Å². The van der Waals surface area contributed by atoms with Crippen LogP contribution in [0.1, 0.15) is 11.1 Å². The zero-order valence-electron chi connectivity index (χ0n) is 10.0. The average Bonchev–Trinajstić information content (AvgIpc) is 2.45. The zero-order chi connectivity index (χ0) is 12.7. The van der Waals surface area contributed by atoms with Gasteiger partial charge in [0.25, 0.3) is 0 Å². The van der Waals surface area contributed by atoms with Crippen LogP contribution in [-0.4, -0.2) is 20.2 Å². The number of carbonyl (C=O) groups is 1. The quantitative estimate of drug-likeness (QED) is 0.844. The first kappa shape index (κ1) is 11.4. The molecule has 0 aliphatic carbocycles. The van der Waals surface area contributed by atoms with Crippen molar-refractivity contribution < 1.29 is 9.90 Å². The molecule has 0 amide bonds. The molecule has 90 valence electrons. The molecule has 1 heterocycles. The fourth-order valence-electron chi connectivity index (χ4n) is 1.95. The monoisotopic (exact) mass is 234 g/mol. The lowest BCUT2D eigenvalue weighted by Crippen LogP contribution is -2.25. The number of rotatable bonds is 2. The van der Waals surface area contributed by atoms with Gasteiger partial charge >= 0.3 is 11.7 Å². The molecule has 0 spiro atoms. The van der Waals surface area contributed by atoms with Crippen molar-refractivity contribution in [2.24, 2.45) is 7.05 Å². The number of fused-ring (bicyclic) bond motifs is 1. The van der Waals surface area contributed by atoms with Crippen molar-refractivity contribution in [1.29, 1.82) is 0 Å². The van der Waals surface area contributed by atoms with E-state index in [1.54, 1.807) is 7.05 Å². The Hall–Kier alpha value is -2.04. The Kier molecular flexibility index (Phi) is 2.53. The number of carboxylic acids is 1. The topological polar surface area (TPSA) is 64.2 Å². The Balaban J connectivity index is 2.84. The van der Waals surface area contributed by atoms with Crippen LogP contribution in [0.2, 0.25) is 0 Å². The Labute approximate surface area is 97.9 Å². The number of aliphatic carboxylic acids is 1. The van der Waals surface area contributed by atoms with Crippen molar-refractivity contribution >= 4 is 17.0 Å². The second-order valence-corrected chi connectivity index (χ2v) is 4.25. The standard InChI is InChI=1S/C12H14N2O3/c1-7-4-9-10(5-8(7)2)14(6-11(15)16)12(17)13(9)3/h4-5H,6H2,1-3H3,(H,15,16). The first-order chi connectivity index (χ1) is 7.91. The van der Waals surface area contributed by atoms with E-state index < -0.39 is 5.97 Å². The van der Waals surface area contributed by atoms with Crippen LogP contribution in [0.25, 0.3) is 11.0 Å². The molecule has 0 saturated carbocycles. The molecule has 0 saturated heterocycles. The van der Waals surface area contributed by atoms with Crippen molar-refractivity contribution in [3.63, 3.8) is 0 Å². The summed E-state index contributed by atoms with van der Waals surface area (Å²) in [7, 11) is 1.65. The molecular weight excluding hydrogens is 220 g/mol. The lowest BCUT2D eigenvalue weighted by Gasteiger charge is -2.02. The van der Waals surface area contributed by atoms with Crippen molar-refractivity contribution in [2.45, 2.75) is 20.4 Å². The first-order valence-electron chi connectivity index (χ1n) is 5.30. The number of hydrogen-bond acceptors (Lipinski definition) is 2. The lowest BCUT2D eigenvalue weighted by atomic mass is 10.1. The fourth-order valence-corrected chi connectivity index (χ4v) is 1.95. The summed E-state index contributed by atoms with van der Waals surface area (Å²) >= 11 is 0. The van der Waals surface area contributed by atoms with Gasteiger partial charge in [0.05, 0.1) is 11.0 Å². The molecule has 5 nitrogen and oxygen atoms in total. The van der Waals surface area contributed by atoms with Gasteiger partial charge in [-0.05, 0) is 37.1 Å². The molecule has 1 N–H and O–H groups in total. The molecule has 0 fully saturated rings. The van der Waals surface area contributed by atoms with E-state index in [1.165, 1.54) is 9.13 Å². The minimum atomic E-state index is -1.02. The van der Waals surface area contributed by atoms with Crippen molar-refractivity contribution in [3.05, 3.63) is 33.7 Å². The summed E-state index contributed by atoms with van der Waals surface area (Å²) in [6.45, 7) is 3.60. The molecule has 2 aromatic rings. The van der Waals surface area contributed by atoms with E-state index >= 15 is 0 Å². The Morgan fingerprint density at radius 1 is 1.24 bits per heavy atom. The maximum absolute atomic E-state index is 11.9. The van der Waals surface area contributed by atoms with Crippen molar-refractivity contribution in [1.82, 2.24) is 9.13 Å². The van der Waals surface area contributed by atoms with E-state index in [-0.39, 0.29) is 12.2 Å². The number of aryl methyl sites for hydroxylation is 3. The number of carboxylic acid groups (broad SMARTS) is 1. The summed E-state index contributed by atoms with van der Waals surface area (Å²) in [4.78, 5) is 22.7. The third kappa shape index (κ3) is 1.73. The number of benzene rings is 1. The SMILES string of the molecule is Cc1cc2c(cc1C)n(CC(=O)O)c(=O)n2C. The second-order valence-electron chi connectivity index (χ2n) is 4.25. The maximum Gasteiger partial charge on any atom is 0.329 e. The smallest absolute Gasteiger partial charge is 0.329 e. The molecule has 0 aliphatic heterocycles. The summed E-state index contributed by atoms with van der Waals surface area (Å²) in [6.07, 6.45) is 0. The van der Waals surface area contributed by atoms with Crippen LogP contribution in [0.5, 0.6) is 0 Å². The first-order valence-corrected chi connectivity index (χ1v) is 5.30. The molecule has 0 radical (unpaired) electrons. The highest BCUT2D eigenvalue weighted by atomic mass is 16.4. The Morgan fingerprint density at radius 2 is 1.76 bits per heavy atom. The molecule has 5 heteroatoms. The van der Waals surface area contributed by atoms with Gasteiger partial charge in [-0.1, -0.05) is 0 Å². The number of nitrogens with zero attached hydrogens (tertiary/aromatic N) is 2. The van der Waals surface area contributed by atoms with Crippen molar-refractivity contribution in [2.75, 3.05) is 0 Å². The third-order valence-corrected chi connectivity index (χ3v) is 3.05. The number of imidazole rings is 1. The van der Waals surface area contributed by atoms with E-state index in [1.807, 2.05) is 26.0 Å². The highest BCUT2D eigenvalue weighted by Crippen LogP contribution is 2.18. The second kappa shape index (κ2) is 3.76. The minimum Gasteiger partial charge on any atom is -0.480 e. The van der Waals surface area contributed by atoms with Crippen LogP contribution in [0.4, 0.5) is 0 Å². The van der Waals surface area contributed by atoms with Crippen LogP contribution in [0.15, 0.2) is 16.9 Å². The summed E-state index contributed by atoms with van der Waals surface area (Å²) in [6, 6.07) is 3.76. The van der Waals surface area contributed by atoms with Gasteiger partial charge in [0, 0.05) is 7.05 Å². The molecule has 17 heavy (non-hydrogen) atoms. The normalized spacial score (nSPS) is 11.0. The number of hydrogen-bond donors (Lipinski definition) is 1. The van der Waals surface area contributed by atoms with E-state index in [0.717, 1.165) is 16.6 Å². The van der Waals surface area contributed by atoms with Crippen LogP contribution in [-0.2, 0) is 18.4 Å². The Bertz CT molecular complexity index is 664. The molecule has 0 bridgehead atoms. The number of aromatic nitrogens is 2. The molecular formula is C12H14N2O3. The fraction of sp³-hybridized carbons (Fsp3) is 0.333. The summed E-state index contributed by atoms with van der Waals surface area (Å²) in [5.74, 6) is -1.02. The summed E-state index contributed by atoms with van der Waals surface area (Å²) in [5, 5.41) is 8.81. The highest BCUT2D eigenvalue weighted by molar-refractivity contribution is 5.80. The molecule has 1 aromatic carbocycles. The molecule has 0 aliphatic rings. The van der Waals surface area contributed by atoms with Gasteiger partial charge in [0.15, 0.2) is 0 Å². The maximum atomic E-state index is 11.9. The summed E-state index contributed by atoms with van der Waals surface area (Å²) in [5.41, 5.74) is 3.26. The predicted molar refractivity (Wildman–Crippen MR) is 64.3 cm³/mol. The van der Waals surface area contributed by atoms with Gasteiger partial charge in [-0.2, -0.15) is 0 Å². The van der Waals surface area contributed by atoms with Crippen LogP contribution < -0.4 is 5.69 Å². The molecule has 0 atom stereocenters. The summed E-state index contributed by atoms with van der Waals surface area (Å²) < 4.78 is 2.76. The minimum absolute atomic E-state index is 0.299.